The fourth-order valence-electron chi connectivity index (χ4n) is 5.16. The van der Waals surface area contributed by atoms with E-state index in [9.17, 15) is 46.1 Å². The average molecular weight is 735 g/mol. The largest absolute Gasteiger partial charge is 0.464 e. The van der Waals surface area contributed by atoms with Gasteiger partial charge in [-0.1, -0.05) is 73.7 Å². The Morgan fingerprint density at radius 3 is 1.86 bits per heavy atom. The maximum Gasteiger partial charge on any atom is 0.408 e. The van der Waals surface area contributed by atoms with Gasteiger partial charge in [0.1, 0.15) is 23.2 Å². The molecule has 0 saturated heterocycles. The normalized spacial score (nSPS) is 13.7. The Hall–Kier alpha value is -5.45. The van der Waals surface area contributed by atoms with Crippen LogP contribution in [-0.4, -0.2) is 69.2 Å². The van der Waals surface area contributed by atoms with Crippen molar-refractivity contribution < 1.29 is 50.4 Å². The molecule has 274 valence electrons. The van der Waals surface area contributed by atoms with Crippen LogP contribution in [0.4, 0.5) is 23.7 Å². The van der Waals surface area contributed by atoms with Crippen molar-refractivity contribution in [3.05, 3.63) is 118 Å². The standard InChI is InChI=1S/C34H37F3N4O9S/c1-4-28(51(47,48)25-20-18-24(19-21-25)41(45)46)38-26(32(43)49-2)16-11-17-27(34(35,36)37)39-31(42)30(40-33(44)50-3)29(22-12-7-5-8-13-22)23-14-9-6-10-15-23/h5-10,12-16,18-21,27-30,38H,4,11,17H2,1-3H3,(H,39,42)(H,40,44)/b26-16+/t27?,28?,30-/m0/s1. The number of alkyl halides is 3. The summed E-state index contributed by atoms with van der Waals surface area (Å²) in [6.45, 7) is 1.47. The molecule has 0 saturated carbocycles. The van der Waals surface area contributed by atoms with Crippen molar-refractivity contribution in [3.8, 4) is 0 Å². The molecule has 0 aliphatic rings. The van der Waals surface area contributed by atoms with Gasteiger partial charge in [-0.15, -0.1) is 0 Å². The Balaban J connectivity index is 1.90. The lowest BCUT2D eigenvalue weighted by Gasteiger charge is -2.30. The number of benzene rings is 3. The van der Waals surface area contributed by atoms with Crippen LogP contribution < -0.4 is 16.0 Å². The molecule has 3 aromatic carbocycles. The van der Waals surface area contributed by atoms with E-state index >= 15 is 0 Å². The topological polar surface area (TPSA) is 183 Å². The molecule has 51 heavy (non-hydrogen) atoms. The van der Waals surface area contributed by atoms with Crippen LogP contribution in [0.5, 0.6) is 0 Å². The quantitative estimate of drug-likeness (QED) is 0.0772. The number of esters is 1. The molecule has 3 rings (SSSR count). The molecule has 0 fully saturated rings. The minimum atomic E-state index is -4.99. The van der Waals surface area contributed by atoms with Crippen LogP contribution in [0.15, 0.2) is 102 Å². The first-order valence-corrected chi connectivity index (χ1v) is 17.0. The lowest BCUT2D eigenvalue weighted by Crippen LogP contribution is -2.55. The highest BCUT2D eigenvalue weighted by Crippen LogP contribution is 2.30. The second-order valence-corrected chi connectivity index (χ2v) is 13.2. The summed E-state index contributed by atoms with van der Waals surface area (Å²) in [5, 5.41) is 16.4. The van der Waals surface area contributed by atoms with Gasteiger partial charge in [-0.2, -0.15) is 13.2 Å². The second kappa shape index (κ2) is 18.0. The predicted molar refractivity (Wildman–Crippen MR) is 179 cm³/mol. The maximum absolute atomic E-state index is 14.4. The average Bonchev–Trinajstić information content (AvgIpc) is 3.12. The van der Waals surface area contributed by atoms with Crippen molar-refractivity contribution >= 4 is 33.5 Å². The summed E-state index contributed by atoms with van der Waals surface area (Å²) in [5.74, 6) is -3.18. The number of methoxy groups -OCH3 is 2. The molecule has 13 nitrogen and oxygen atoms in total. The Bertz CT molecular complexity index is 1750. The highest BCUT2D eigenvalue weighted by Gasteiger charge is 2.43. The third-order valence-corrected chi connectivity index (χ3v) is 9.88. The molecule has 3 N–H and O–H groups in total. The number of nitrogens with zero attached hydrogens (tertiary/aromatic N) is 1. The minimum Gasteiger partial charge on any atom is -0.464 e. The number of ether oxygens (including phenoxy) is 2. The van der Waals surface area contributed by atoms with E-state index < -0.39 is 80.8 Å². The van der Waals surface area contributed by atoms with Crippen LogP contribution in [0.2, 0.25) is 0 Å². The SMILES string of the molecule is CCC(N/C(=C/CCC(NC(=O)[C@@H](NC(=O)OC)C(c1ccccc1)c1ccccc1)C(F)(F)F)C(=O)OC)S(=O)(=O)c1ccc([N+](=O)[O-])cc1. The Kier molecular flexibility index (Phi) is 14.1. The highest BCUT2D eigenvalue weighted by molar-refractivity contribution is 7.92. The number of hydrogen-bond acceptors (Lipinski definition) is 10. The number of carbonyl (C=O) groups is 3. The fraction of sp³-hybridized carbons (Fsp3) is 0.324. The number of alkyl carbamates (subject to hydrolysis) is 1. The van der Waals surface area contributed by atoms with E-state index in [-0.39, 0.29) is 17.0 Å². The van der Waals surface area contributed by atoms with Crippen LogP contribution >= 0.6 is 0 Å². The predicted octanol–water partition coefficient (Wildman–Crippen LogP) is 5.14. The van der Waals surface area contributed by atoms with Crippen LogP contribution in [0, 0.1) is 10.1 Å². The van der Waals surface area contributed by atoms with E-state index in [4.69, 9.17) is 4.74 Å². The number of halogens is 3. The van der Waals surface area contributed by atoms with E-state index in [1.165, 1.54) is 6.92 Å². The molecule has 17 heteroatoms. The Labute approximate surface area is 292 Å². The smallest absolute Gasteiger partial charge is 0.408 e. The molecule has 0 spiro atoms. The molecule has 2 unspecified atom stereocenters. The van der Waals surface area contributed by atoms with E-state index in [1.807, 2.05) is 5.32 Å². The number of nitro groups is 1. The lowest BCUT2D eigenvalue weighted by atomic mass is 9.84. The van der Waals surface area contributed by atoms with Gasteiger partial charge in [-0.05, 0) is 42.5 Å². The monoisotopic (exact) mass is 734 g/mol. The molecule has 0 bridgehead atoms. The second-order valence-electron chi connectivity index (χ2n) is 11.0. The minimum absolute atomic E-state index is 0.118. The summed E-state index contributed by atoms with van der Waals surface area (Å²) in [6.07, 6.45) is -6.43. The third-order valence-electron chi connectivity index (χ3n) is 7.75. The summed E-state index contributed by atoms with van der Waals surface area (Å²) >= 11 is 0. The van der Waals surface area contributed by atoms with Crippen molar-refractivity contribution in [2.75, 3.05) is 14.2 Å². The van der Waals surface area contributed by atoms with Gasteiger partial charge in [0, 0.05) is 18.1 Å². The summed E-state index contributed by atoms with van der Waals surface area (Å²) < 4.78 is 79.1. The Morgan fingerprint density at radius 1 is 0.863 bits per heavy atom. The van der Waals surface area contributed by atoms with Crippen molar-refractivity contribution in [3.63, 3.8) is 0 Å². The van der Waals surface area contributed by atoms with E-state index in [2.05, 4.69) is 15.4 Å². The van der Waals surface area contributed by atoms with Gasteiger partial charge >= 0.3 is 18.2 Å². The van der Waals surface area contributed by atoms with Crippen LogP contribution in [0.1, 0.15) is 43.2 Å². The number of allylic oxidation sites excluding steroid dienone is 1. The van der Waals surface area contributed by atoms with Gasteiger partial charge in [0.05, 0.1) is 24.0 Å². The lowest BCUT2D eigenvalue weighted by molar-refractivity contribution is -0.384. The number of sulfone groups is 1. The number of nitrogens with one attached hydrogen (secondary N) is 3. The molecule has 3 atom stereocenters. The van der Waals surface area contributed by atoms with Crippen molar-refractivity contribution in [2.24, 2.45) is 0 Å². The zero-order chi connectivity index (χ0) is 37.8. The number of nitro benzene ring substituents is 1. The van der Waals surface area contributed by atoms with Gasteiger partial charge in [0.25, 0.3) is 5.69 Å². The van der Waals surface area contributed by atoms with Gasteiger partial charge in [0.2, 0.25) is 5.91 Å². The third kappa shape index (κ3) is 10.8. The number of rotatable bonds is 16. The van der Waals surface area contributed by atoms with Crippen LogP contribution in [0.3, 0.4) is 0 Å². The van der Waals surface area contributed by atoms with Gasteiger partial charge in [-0.25, -0.2) is 18.0 Å². The van der Waals surface area contributed by atoms with Gasteiger partial charge in [0.15, 0.2) is 9.84 Å². The number of non-ortho nitro benzene ring substituents is 1. The fourth-order valence-corrected chi connectivity index (χ4v) is 6.73. The van der Waals surface area contributed by atoms with E-state index in [0.29, 0.717) is 11.1 Å². The zero-order valence-electron chi connectivity index (χ0n) is 27.8. The number of carbonyl (C=O) groups excluding carboxylic acids is 3. The Morgan fingerprint density at radius 2 is 1.41 bits per heavy atom. The summed E-state index contributed by atoms with van der Waals surface area (Å²) in [7, 11) is -2.21. The van der Waals surface area contributed by atoms with Crippen molar-refractivity contribution in [2.45, 2.75) is 60.6 Å². The summed E-state index contributed by atoms with van der Waals surface area (Å²) in [4.78, 5) is 48.6. The molecule has 0 radical (unpaired) electrons. The maximum atomic E-state index is 14.4. The molecule has 3 aromatic rings. The molecule has 0 aliphatic carbocycles. The molecule has 2 amide bonds. The van der Waals surface area contributed by atoms with Crippen LogP contribution in [-0.2, 0) is 28.9 Å². The molecule has 0 aromatic heterocycles. The zero-order valence-corrected chi connectivity index (χ0v) is 28.6. The first kappa shape index (κ1) is 40.0. The highest BCUT2D eigenvalue weighted by atomic mass is 32.2. The molecule has 0 heterocycles. The first-order valence-electron chi connectivity index (χ1n) is 15.5. The molecular formula is C34H37F3N4O9S. The summed E-state index contributed by atoms with van der Waals surface area (Å²) in [6, 6.07) is 16.8. The number of amides is 2. The van der Waals surface area contributed by atoms with Gasteiger partial charge in [-0.3, -0.25) is 14.9 Å². The van der Waals surface area contributed by atoms with Crippen molar-refractivity contribution in [1.29, 1.82) is 0 Å². The first-order chi connectivity index (χ1) is 24.1. The number of hydrogen-bond donors (Lipinski definition) is 3. The molecule has 0 aliphatic heterocycles. The van der Waals surface area contributed by atoms with Crippen molar-refractivity contribution in [1.82, 2.24) is 16.0 Å². The van der Waals surface area contributed by atoms with Gasteiger partial charge < -0.3 is 25.4 Å². The van der Waals surface area contributed by atoms with Crippen LogP contribution in [0.25, 0.3) is 0 Å². The van der Waals surface area contributed by atoms with E-state index in [0.717, 1.165) is 44.6 Å². The molecular weight excluding hydrogens is 697 g/mol. The summed E-state index contributed by atoms with van der Waals surface area (Å²) in [5.41, 5.74) is 0.240. The van der Waals surface area contributed by atoms with E-state index in [1.54, 1.807) is 60.7 Å².